The Kier molecular flexibility index (Phi) is 5.93. The number of alkyl halides is 3. The van der Waals surface area contributed by atoms with E-state index in [1.807, 2.05) is 31.2 Å². The summed E-state index contributed by atoms with van der Waals surface area (Å²) in [6.45, 7) is 2.03. The molecule has 0 aliphatic heterocycles. The van der Waals surface area contributed by atoms with Gasteiger partial charge in [-0.2, -0.15) is 28.1 Å². The predicted octanol–water partition coefficient (Wildman–Crippen LogP) is 3.86. The van der Waals surface area contributed by atoms with Crippen molar-refractivity contribution in [1.82, 2.24) is 24.9 Å². The Morgan fingerprint density at radius 2 is 1.86 bits per heavy atom. The first-order valence-electron chi connectivity index (χ1n) is 8.23. The van der Waals surface area contributed by atoms with Crippen LogP contribution in [-0.4, -0.2) is 24.9 Å². The second-order valence-electron chi connectivity index (χ2n) is 5.58. The lowest BCUT2D eigenvalue weighted by molar-refractivity contribution is -0.141. The summed E-state index contributed by atoms with van der Waals surface area (Å²) in [5.74, 6) is 0.703. The Bertz CT molecular complexity index is 965. The standard InChI is InChI=1S/C17H16F3N7S/c1-2-10-5-3-4-6-11(10)23-15-26-13(25-14(21)27-15)9-28-16-22-8-7-12(24-16)17(18,19)20/h3-8H,2,9H2,1H3,(H3,21,23,25,26,27). The third-order valence-corrected chi connectivity index (χ3v) is 4.46. The molecule has 0 bridgehead atoms. The normalized spacial score (nSPS) is 11.4. The van der Waals surface area contributed by atoms with Crippen LogP contribution < -0.4 is 11.1 Å². The number of anilines is 3. The van der Waals surface area contributed by atoms with E-state index in [-0.39, 0.29) is 22.8 Å². The highest BCUT2D eigenvalue weighted by atomic mass is 32.2. The first-order valence-corrected chi connectivity index (χ1v) is 9.22. The number of aromatic nitrogens is 5. The maximum Gasteiger partial charge on any atom is 0.433 e. The molecule has 7 nitrogen and oxygen atoms in total. The number of hydrogen-bond acceptors (Lipinski definition) is 8. The first-order chi connectivity index (χ1) is 13.3. The third kappa shape index (κ3) is 5.06. The van der Waals surface area contributed by atoms with Crippen LogP contribution in [0, 0.1) is 0 Å². The van der Waals surface area contributed by atoms with Gasteiger partial charge in [0.25, 0.3) is 0 Å². The van der Waals surface area contributed by atoms with Crippen LogP contribution in [0.5, 0.6) is 0 Å². The van der Waals surface area contributed by atoms with Gasteiger partial charge in [0, 0.05) is 11.9 Å². The van der Waals surface area contributed by atoms with Gasteiger partial charge in [-0.3, -0.25) is 0 Å². The summed E-state index contributed by atoms with van der Waals surface area (Å²) < 4.78 is 38.2. The number of thioether (sulfide) groups is 1. The molecule has 28 heavy (non-hydrogen) atoms. The molecule has 3 aromatic rings. The topological polar surface area (TPSA) is 102 Å². The van der Waals surface area contributed by atoms with E-state index >= 15 is 0 Å². The second kappa shape index (κ2) is 8.38. The summed E-state index contributed by atoms with van der Waals surface area (Å²) in [6.07, 6.45) is -2.65. The van der Waals surface area contributed by atoms with Crippen molar-refractivity contribution in [2.45, 2.75) is 30.4 Å². The molecule has 0 atom stereocenters. The van der Waals surface area contributed by atoms with E-state index in [9.17, 15) is 13.2 Å². The molecule has 0 spiro atoms. The molecular formula is C17H16F3N7S. The fourth-order valence-corrected chi connectivity index (χ4v) is 3.01. The molecule has 146 valence electrons. The molecule has 0 saturated heterocycles. The monoisotopic (exact) mass is 407 g/mol. The number of nitrogens with zero attached hydrogens (tertiary/aromatic N) is 5. The van der Waals surface area contributed by atoms with Gasteiger partial charge in [-0.05, 0) is 24.1 Å². The maximum atomic E-state index is 12.7. The SMILES string of the molecule is CCc1ccccc1Nc1nc(N)nc(CSc2nccc(C(F)(F)F)n2)n1. The number of benzene rings is 1. The van der Waals surface area contributed by atoms with Gasteiger partial charge in [0.15, 0.2) is 5.16 Å². The molecule has 2 aromatic heterocycles. The number of nitrogen functional groups attached to an aromatic ring is 1. The van der Waals surface area contributed by atoms with Crippen molar-refractivity contribution >= 4 is 29.3 Å². The molecule has 11 heteroatoms. The number of hydrogen-bond donors (Lipinski definition) is 2. The lowest BCUT2D eigenvalue weighted by atomic mass is 10.1. The fraction of sp³-hybridized carbons (Fsp3) is 0.235. The minimum absolute atomic E-state index is 0.00652. The number of nitrogens with two attached hydrogens (primary N) is 1. The van der Waals surface area contributed by atoms with E-state index < -0.39 is 11.9 Å². The number of nitrogens with one attached hydrogen (secondary N) is 1. The Hall–Kier alpha value is -2.95. The zero-order valence-electron chi connectivity index (χ0n) is 14.7. The van der Waals surface area contributed by atoms with Gasteiger partial charge < -0.3 is 11.1 Å². The second-order valence-corrected chi connectivity index (χ2v) is 6.52. The molecule has 3 rings (SSSR count). The van der Waals surface area contributed by atoms with Crippen molar-refractivity contribution < 1.29 is 13.2 Å². The van der Waals surface area contributed by atoms with Crippen LogP contribution in [0.3, 0.4) is 0 Å². The number of aryl methyl sites for hydroxylation is 1. The van der Waals surface area contributed by atoms with Crippen LogP contribution in [0.1, 0.15) is 24.0 Å². The highest BCUT2D eigenvalue weighted by Gasteiger charge is 2.32. The van der Waals surface area contributed by atoms with Gasteiger partial charge >= 0.3 is 6.18 Å². The highest BCUT2D eigenvalue weighted by Crippen LogP contribution is 2.29. The molecule has 0 amide bonds. The summed E-state index contributed by atoms with van der Waals surface area (Å²) >= 11 is 0.977. The molecule has 0 saturated carbocycles. The Balaban J connectivity index is 1.75. The van der Waals surface area contributed by atoms with E-state index in [1.165, 1.54) is 0 Å². The fourth-order valence-electron chi connectivity index (χ4n) is 2.33. The summed E-state index contributed by atoms with van der Waals surface area (Å²) in [5.41, 5.74) is 6.66. The molecule has 0 fully saturated rings. The smallest absolute Gasteiger partial charge is 0.368 e. The van der Waals surface area contributed by atoms with E-state index in [0.717, 1.165) is 41.7 Å². The van der Waals surface area contributed by atoms with Crippen molar-refractivity contribution in [1.29, 1.82) is 0 Å². The van der Waals surface area contributed by atoms with E-state index in [4.69, 9.17) is 5.73 Å². The Labute approximate surface area is 163 Å². The summed E-state index contributed by atoms with van der Waals surface area (Å²) in [6, 6.07) is 8.51. The zero-order chi connectivity index (χ0) is 20.1. The van der Waals surface area contributed by atoms with Crippen molar-refractivity contribution in [2.75, 3.05) is 11.1 Å². The average molecular weight is 407 g/mol. The van der Waals surface area contributed by atoms with Gasteiger partial charge in [0.2, 0.25) is 11.9 Å². The van der Waals surface area contributed by atoms with Gasteiger partial charge in [-0.1, -0.05) is 36.9 Å². The number of rotatable bonds is 6. The van der Waals surface area contributed by atoms with Crippen LogP contribution in [0.15, 0.2) is 41.7 Å². The predicted molar refractivity (Wildman–Crippen MR) is 99.9 cm³/mol. The van der Waals surface area contributed by atoms with Gasteiger partial charge in [-0.25, -0.2) is 9.97 Å². The molecule has 0 unspecified atom stereocenters. The van der Waals surface area contributed by atoms with E-state index in [2.05, 4.69) is 30.2 Å². The maximum absolute atomic E-state index is 12.7. The Morgan fingerprint density at radius 3 is 2.61 bits per heavy atom. The lowest BCUT2D eigenvalue weighted by Crippen LogP contribution is -2.09. The molecule has 0 radical (unpaired) electrons. The van der Waals surface area contributed by atoms with E-state index in [1.54, 1.807) is 0 Å². The molecule has 1 aromatic carbocycles. The lowest BCUT2D eigenvalue weighted by Gasteiger charge is -2.10. The summed E-state index contributed by atoms with van der Waals surface area (Å²) in [4.78, 5) is 19.7. The van der Waals surface area contributed by atoms with Crippen LogP contribution >= 0.6 is 11.8 Å². The molecular weight excluding hydrogens is 391 g/mol. The van der Waals surface area contributed by atoms with Crippen molar-refractivity contribution in [3.63, 3.8) is 0 Å². The first kappa shape index (κ1) is 19.8. The number of halogens is 3. The largest absolute Gasteiger partial charge is 0.433 e. The minimum Gasteiger partial charge on any atom is -0.368 e. The van der Waals surface area contributed by atoms with Crippen molar-refractivity contribution in [3.05, 3.63) is 53.6 Å². The van der Waals surface area contributed by atoms with Crippen LogP contribution in [0.25, 0.3) is 0 Å². The summed E-state index contributed by atoms with van der Waals surface area (Å²) in [7, 11) is 0. The van der Waals surface area contributed by atoms with Gasteiger partial charge in [-0.15, -0.1) is 0 Å². The van der Waals surface area contributed by atoms with Crippen molar-refractivity contribution in [2.24, 2.45) is 0 Å². The third-order valence-electron chi connectivity index (χ3n) is 3.60. The quantitative estimate of drug-likeness (QED) is 0.469. The van der Waals surface area contributed by atoms with Crippen molar-refractivity contribution in [3.8, 4) is 0 Å². The molecule has 2 heterocycles. The van der Waals surface area contributed by atoms with Gasteiger partial charge in [0.1, 0.15) is 11.5 Å². The highest BCUT2D eigenvalue weighted by molar-refractivity contribution is 7.98. The molecule has 3 N–H and O–H groups in total. The molecule has 0 aliphatic carbocycles. The minimum atomic E-state index is -4.53. The van der Waals surface area contributed by atoms with Crippen LogP contribution in [0.4, 0.5) is 30.8 Å². The number of para-hydroxylation sites is 1. The van der Waals surface area contributed by atoms with Crippen LogP contribution in [0.2, 0.25) is 0 Å². The molecule has 0 aliphatic rings. The average Bonchev–Trinajstić information content (AvgIpc) is 2.66. The summed E-state index contributed by atoms with van der Waals surface area (Å²) in [5, 5.41) is 3.07. The Morgan fingerprint density at radius 1 is 1.07 bits per heavy atom. The van der Waals surface area contributed by atoms with Gasteiger partial charge in [0.05, 0.1) is 5.75 Å². The zero-order valence-corrected chi connectivity index (χ0v) is 15.6. The van der Waals surface area contributed by atoms with Crippen LogP contribution in [-0.2, 0) is 18.3 Å². The van der Waals surface area contributed by atoms with E-state index in [0.29, 0.717) is 5.82 Å².